The number of nitrogens with one attached hydrogen (secondary N) is 1. The molecule has 1 aliphatic rings. The van der Waals surface area contributed by atoms with Crippen LogP contribution in [0.2, 0.25) is 0 Å². The third-order valence-corrected chi connectivity index (χ3v) is 5.83. The van der Waals surface area contributed by atoms with Crippen LogP contribution in [0.3, 0.4) is 0 Å². The normalized spacial score (nSPS) is 15.1. The Morgan fingerprint density at radius 2 is 1.91 bits per heavy atom. The molecule has 0 spiro atoms. The maximum Gasteiger partial charge on any atom is 0.338 e. The van der Waals surface area contributed by atoms with Crippen molar-refractivity contribution in [1.82, 2.24) is 9.55 Å². The van der Waals surface area contributed by atoms with Crippen molar-refractivity contribution in [2.24, 2.45) is 0 Å². The van der Waals surface area contributed by atoms with Crippen molar-refractivity contribution in [3.8, 4) is 11.5 Å². The first-order chi connectivity index (χ1) is 16.6. The molecule has 34 heavy (non-hydrogen) atoms. The number of esters is 1. The van der Waals surface area contributed by atoms with E-state index in [1.807, 2.05) is 54.0 Å². The van der Waals surface area contributed by atoms with Gasteiger partial charge in [-0.25, -0.2) is 9.78 Å². The number of rotatable bonds is 10. The lowest BCUT2D eigenvalue weighted by Gasteiger charge is -2.30. The molecule has 3 aromatic rings. The summed E-state index contributed by atoms with van der Waals surface area (Å²) >= 11 is 0. The molecule has 1 atom stereocenters. The number of anilines is 1. The molecule has 0 saturated heterocycles. The van der Waals surface area contributed by atoms with E-state index in [1.165, 1.54) is 0 Å². The Morgan fingerprint density at radius 1 is 1.09 bits per heavy atom. The second-order valence-electron chi connectivity index (χ2n) is 8.10. The zero-order chi connectivity index (χ0) is 24.1. The summed E-state index contributed by atoms with van der Waals surface area (Å²) in [5, 5.41) is 3.29. The Hall–Kier alpha value is -3.52. The van der Waals surface area contributed by atoms with Crippen LogP contribution >= 0.6 is 0 Å². The molecule has 8 heteroatoms. The van der Waals surface area contributed by atoms with Gasteiger partial charge in [-0.3, -0.25) is 4.57 Å². The van der Waals surface area contributed by atoms with Crippen LogP contribution in [0, 0.1) is 0 Å². The van der Waals surface area contributed by atoms with Gasteiger partial charge in [0.15, 0.2) is 11.5 Å². The smallest absolute Gasteiger partial charge is 0.338 e. The summed E-state index contributed by atoms with van der Waals surface area (Å²) in [5.74, 6) is 1.55. The molecule has 180 valence electrons. The summed E-state index contributed by atoms with van der Waals surface area (Å²) in [6.07, 6.45) is 2.01. The van der Waals surface area contributed by atoms with Crippen LogP contribution in [-0.2, 0) is 14.3 Å². The maximum absolute atomic E-state index is 13.3. The van der Waals surface area contributed by atoms with Crippen molar-refractivity contribution in [3.63, 3.8) is 0 Å². The topological polar surface area (TPSA) is 83.8 Å². The minimum Gasteiger partial charge on any atom is -0.493 e. The summed E-state index contributed by atoms with van der Waals surface area (Å²) in [6.45, 7) is 5.10. The molecule has 0 bridgehead atoms. The number of hydrogen-bond donors (Lipinski definition) is 1. The van der Waals surface area contributed by atoms with E-state index in [9.17, 15) is 4.79 Å². The monoisotopic (exact) mass is 465 g/mol. The standard InChI is InChI=1S/C26H31N3O5/c1-5-6-13-33-21-12-11-18(16-22(21)32-4)24-23(25(30)34-15-14-31-3)17(2)27-26-28-19-9-7-8-10-20(19)29(24)26/h7-12,16,24H,5-6,13-15H2,1-4H3,(H,27,28)/t24-/m0/s1. The quantitative estimate of drug-likeness (QED) is 0.343. The van der Waals surface area contributed by atoms with Gasteiger partial charge in [0.1, 0.15) is 6.61 Å². The van der Waals surface area contributed by atoms with Gasteiger partial charge in [-0.1, -0.05) is 31.5 Å². The lowest BCUT2D eigenvalue weighted by Crippen LogP contribution is -2.29. The van der Waals surface area contributed by atoms with E-state index in [0.717, 1.165) is 29.4 Å². The minimum atomic E-state index is -0.461. The Bertz CT molecular complexity index is 1200. The number of imidazole rings is 1. The average molecular weight is 466 g/mol. The number of para-hydroxylation sites is 2. The zero-order valence-electron chi connectivity index (χ0n) is 20.1. The van der Waals surface area contributed by atoms with E-state index in [0.29, 0.717) is 41.9 Å². The van der Waals surface area contributed by atoms with Crippen molar-refractivity contribution in [3.05, 3.63) is 59.3 Å². The molecule has 2 aromatic carbocycles. The van der Waals surface area contributed by atoms with E-state index < -0.39 is 12.0 Å². The average Bonchev–Trinajstić information content (AvgIpc) is 3.21. The van der Waals surface area contributed by atoms with Crippen molar-refractivity contribution in [2.45, 2.75) is 32.7 Å². The summed E-state index contributed by atoms with van der Waals surface area (Å²) < 4.78 is 24.2. The van der Waals surface area contributed by atoms with Gasteiger partial charge in [-0.15, -0.1) is 0 Å². The van der Waals surface area contributed by atoms with Gasteiger partial charge in [-0.05, 0) is 43.2 Å². The van der Waals surface area contributed by atoms with E-state index in [4.69, 9.17) is 23.9 Å². The van der Waals surface area contributed by atoms with Crippen LogP contribution in [0.1, 0.15) is 38.3 Å². The lowest BCUT2D eigenvalue weighted by molar-refractivity contribution is -0.140. The number of hydrogen-bond acceptors (Lipinski definition) is 7. The van der Waals surface area contributed by atoms with Gasteiger partial charge in [0.25, 0.3) is 0 Å². The lowest BCUT2D eigenvalue weighted by atomic mass is 9.94. The highest BCUT2D eigenvalue weighted by Gasteiger charge is 2.35. The molecule has 1 aliphatic heterocycles. The second kappa shape index (κ2) is 10.6. The van der Waals surface area contributed by atoms with E-state index in [2.05, 4.69) is 12.2 Å². The fourth-order valence-corrected chi connectivity index (χ4v) is 4.14. The first kappa shape index (κ1) is 23.6. The van der Waals surface area contributed by atoms with E-state index >= 15 is 0 Å². The van der Waals surface area contributed by atoms with Crippen LogP contribution in [0.15, 0.2) is 53.7 Å². The third kappa shape index (κ3) is 4.59. The molecule has 4 rings (SSSR count). The molecule has 0 radical (unpaired) electrons. The van der Waals surface area contributed by atoms with Crippen molar-refractivity contribution in [1.29, 1.82) is 0 Å². The van der Waals surface area contributed by atoms with Crippen LogP contribution < -0.4 is 14.8 Å². The summed E-state index contributed by atoms with van der Waals surface area (Å²) in [4.78, 5) is 18.0. The highest BCUT2D eigenvalue weighted by atomic mass is 16.6. The fraction of sp³-hybridized carbons (Fsp3) is 0.385. The van der Waals surface area contributed by atoms with E-state index in [1.54, 1.807) is 14.2 Å². The number of carbonyl (C=O) groups excluding carboxylic acids is 1. The number of nitrogens with zero attached hydrogens (tertiary/aromatic N) is 2. The van der Waals surface area contributed by atoms with Gasteiger partial charge >= 0.3 is 5.97 Å². The molecule has 0 aliphatic carbocycles. The molecule has 1 N–H and O–H groups in total. The number of carbonyl (C=O) groups is 1. The summed E-state index contributed by atoms with van der Waals surface area (Å²) in [5.41, 5.74) is 3.81. The number of benzene rings is 2. The van der Waals surface area contributed by atoms with Crippen molar-refractivity contribution < 1.29 is 23.7 Å². The van der Waals surface area contributed by atoms with Gasteiger partial charge in [0.2, 0.25) is 5.95 Å². The second-order valence-corrected chi connectivity index (χ2v) is 8.10. The van der Waals surface area contributed by atoms with Crippen molar-refractivity contribution >= 4 is 23.0 Å². The Labute approximate surface area is 199 Å². The van der Waals surface area contributed by atoms with Crippen LogP contribution in [-0.4, -0.2) is 49.6 Å². The predicted molar refractivity (Wildman–Crippen MR) is 130 cm³/mol. The Kier molecular flexibility index (Phi) is 7.37. The highest BCUT2D eigenvalue weighted by Crippen LogP contribution is 2.41. The molecular formula is C26H31N3O5. The Balaban J connectivity index is 1.81. The summed E-state index contributed by atoms with van der Waals surface area (Å²) in [7, 11) is 3.19. The zero-order valence-corrected chi connectivity index (χ0v) is 20.1. The van der Waals surface area contributed by atoms with Crippen LogP contribution in [0.25, 0.3) is 11.0 Å². The van der Waals surface area contributed by atoms with Crippen LogP contribution in [0.5, 0.6) is 11.5 Å². The van der Waals surface area contributed by atoms with E-state index in [-0.39, 0.29) is 6.61 Å². The number of allylic oxidation sites excluding steroid dienone is 1. The molecule has 0 fully saturated rings. The number of aromatic nitrogens is 2. The number of ether oxygens (including phenoxy) is 4. The third-order valence-electron chi connectivity index (χ3n) is 5.83. The molecule has 0 saturated carbocycles. The molecule has 0 amide bonds. The van der Waals surface area contributed by atoms with Crippen molar-refractivity contribution in [2.75, 3.05) is 39.4 Å². The molecule has 2 heterocycles. The largest absolute Gasteiger partial charge is 0.493 e. The Morgan fingerprint density at radius 3 is 2.68 bits per heavy atom. The summed E-state index contributed by atoms with van der Waals surface area (Å²) in [6, 6.07) is 13.2. The number of methoxy groups -OCH3 is 2. The van der Waals surface area contributed by atoms with Crippen LogP contribution in [0.4, 0.5) is 5.95 Å². The minimum absolute atomic E-state index is 0.171. The molecular weight excluding hydrogens is 434 g/mol. The number of unbranched alkanes of at least 4 members (excludes halogenated alkanes) is 1. The molecule has 8 nitrogen and oxygen atoms in total. The highest BCUT2D eigenvalue weighted by molar-refractivity contribution is 5.94. The first-order valence-electron chi connectivity index (χ1n) is 11.5. The predicted octanol–water partition coefficient (Wildman–Crippen LogP) is 4.70. The maximum atomic E-state index is 13.3. The molecule has 0 unspecified atom stereocenters. The fourth-order valence-electron chi connectivity index (χ4n) is 4.14. The van der Waals surface area contributed by atoms with Gasteiger partial charge in [0, 0.05) is 12.8 Å². The van der Waals surface area contributed by atoms with Gasteiger partial charge in [0.05, 0.1) is 43.0 Å². The molecule has 1 aromatic heterocycles. The SMILES string of the molecule is CCCCOc1ccc([C@H]2C(C(=O)OCCOC)=C(C)Nc3nc4ccccc4n32)cc1OC. The van der Waals surface area contributed by atoms with Gasteiger partial charge < -0.3 is 24.3 Å². The number of fused-ring (bicyclic) bond motifs is 3. The van der Waals surface area contributed by atoms with Gasteiger partial charge in [-0.2, -0.15) is 0 Å². The first-order valence-corrected chi connectivity index (χ1v) is 11.5.